The Hall–Kier alpha value is -2.04. The number of ether oxygens (including phenoxy) is 2. The van der Waals surface area contributed by atoms with E-state index in [0.717, 1.165) is 60.8 Å². The minimum absolute atomic E-state index is 0.202. The minimum atomic E-state index is -1.42. The highest BCUT2D eigenvalue weighted by Crippen LogP contribution is 2.40. The van der Waals surface area contributed by atoms with Crippen molar-refractivity contribution in [2.24, 2.45) is 5.41 Å². The first kappa shape index (κ1) is 43.0. The summed E-state index contributed by atoms with van der Waals surface area (Å²) < 4.78 is 11.7. The second kappa shape index (κ2) is 24.2. The molecule has 0 radical (unpaired) electrons. The molecular formula is C42H74O5. The molecule has 0 spiro atoms. The van der Waals surface area contributed by atoms with Gasteiger partial charge in [-0.1, -0.05) is 163 Å². The van der Waals surface area contributed by atoms with Crippen molar-refractivity contribution in [3.63, 3.8) is 0 Å². The number of hydrogen-bond donors (Lipinski definition) is 1. The number of hydrogen-bond acceptors (Lipinski definition) is 5. The van der Waals surface area contributed by atoms with Crippen LogP contribution in [0.3, 0.4) is 0 Å². The van der Waals surface area contributed by atoms with Gasteiger partial charge < -0.3 is 14.6 Å². The zero-order chi connectivity index (χ0) is 35.1. The molecule has 0 aliphatic rings. The van der Waals surface area contributed by atoms with Gasteiger partial charge in [-0.05, 0) is 67.2 Å². The predicted molar refractivity (Wildman–Crippen MR) is 198 cm³/mol. The average molecular weight is 659 g/mol. The molecule has 1 rings (SSSR count). The Bertz CT molecular complexity index is 967. The van der Waals surface area contributed by atoms with Crippen LogP contribution in [0.25, 0.3) is 0 Å². The molecule has 5 heteroatoms. The molecule has 47 heavy (non-hydrogen) atoms. The lowest BCUT2D eigenvalue weighted by molar-refractivity contribution is -0.173. The highest BCUT2D eigenvalue weighted by Gasteiger charge is 2.48. The third-order valence-corrected chi connectivity index (χ3v) is 10.1. The SMILES string of the molecule is CCCCCCCCCCCCOC(=O)C(CC)(Cc1cc(C(C)(C)C)c(O)c(C)c1C)C(=O)OCCCCCCCCCCCC. The van der Waals surface area contributed by atoms with Gasteiger partial charge >= 0.3 is 11.9 Å². The van der Waals surface area contributed by atoms with E-state index in [9.17, 15) is 14.7 Å². The van der Waals surface area contributed by atoms with Gasteiger partial charge in [0, 0.05) is 0 Å². The molecule has 0 unspecified atom stereocenters. The number of phenols is 1. The summed E-state index contributed by atoms with van der Waals surface area (Å²) in [6.07, 6.45) is 24.6. The molecule has 1 aromatic rings. The summed E-state index contributed by atoms with van der Waals surface area (Å²) in [5.74, 6) is -0.675. The summed E-state index contributed by atoms with van der Waals surface area (Å²) in [6, 6.07) is 1.98. The number of carbonyl (C=O) groups excluding carboxylic acids is 2. The van der Waals surface area contributed by atoms with E-state index >= 15 is 0 Å². The fraction of sp³-hybridized carbons (Fsp3) is 0.810. The van der Waals surface area contributed by atoms with E-state index in [1.54, 1.807) is 0 Å². The molecule has 0 saturated heterocycles. The number of phenolic OH excluding ortho intramolecular Hbond substituents is 1. The maximum atomic E-state index is 13.9. The van der Waals surface area contributed by atoms with Gasteiger partial charge in [-0.15, -0.1) is 0 Å². The van der Waals surface area contributed by atoms with E-state index in [4.69, 9.17) is 9.47 Å². The molecule has 1 aromatic carbocycles. The molecule has 0 aliphatic heterocycles. The smallest absolute Gasteiger partial charge is 0.323 e. The zero-order valence-electron chi connectivity index (χ0n) is 32.1. The van der Waals surface area contributed by atoms with Crippen LogP contribution in [-0.4, -0.2) is 30.3 Å². The van der Waals surface area contributed by atoms with E-state index in [1.165, 1.54) is 89.9 Å². The molecule has 1 N–H and O–H groups in total. The van der Waals surface area contributed by atoms with Crippen LogP contribution in [0.5, 0.6) is 5.75 Å². The van der Waals surface area contributed by atoms with E-state index in [2.05, 4.69) is 34.6 Å². The van der Waals surface area contributed by atoms with Gasteiger partial charge in [0.05, 0.1) is 13.2 Å². The maximum absolute atomic E-state index is 13.9. The van der Waals surface area contributed by atoms with E-state index < -0.39 is 17.4 Å². The van der Waals surface area contributed by atoms with Gasteiger partial charge in [0.15, 0.2) is 5.41 Å². The number of aromatic hydroxyl groups is 1. The van der Waals surface area contributed by atoms with Gasteiger partial charge in [-0.25, -0.2) is 0 Å². The number of unbranched alkanes of at least 4 members (excludes halogenated alkanes) is 18. The number of esters is 2. The summed E-state index contributed by atoms with van der Waals surface area (Å²) in [7, 11) is 0. The second-order valence-corrected chi connectivity index (χ2v) is 15.2. The van der Waals surface area contributed by atoms with Crippen LogP contribution in [0.15, 0.2) is 6.07 Å². The van der Waals surface area contributed by atoms with Crippen LogP contribution >= 0.6 is 0 Å². The van der Waals surface area contributed by atoms with Crippen LogP contribution in [0.4, 0.5) is 0 Å². The van der Waals surface area contributed by atoms with Crippen molar-refractivity contribution in [3.8, 4) is 5.75 Å². The summed E-state index contributed by atoms with van der Waals surface area (Å²) >= 11 is 0. The van der Waals surface area contributed by atoms with Crippen LogP contribution in [0.1, 0.15) is 199 Å². The first-order chi connectivity index (χ1) is 22.5. The Labute approximate surface area is 290 Å². The van der Waals surface area contributed by atoms with Crippen molar-refractivity contribution < 1.29 is 24.2 Å². The fourth-order valence-electron chi connectivity index (χ4n) is 6.48. The molecule has 5 nitrogen and oxygen atoms in total. The standard InChI is InChI=1S/C42H74O5/c1-9-12-14-16-18-20-22-24-26-28-30-46-39(44)42(11-3,33-36-32-37(41(6,7)8)38(43)35(5)34(36)4)40(45)47-31-29-27-25-23-21-19-17-15-13-10-2/h32,43H,9-31,33H2,1-8H3. The molecule has 0 aliphatic carbocycles. The van der Waals surface area contributed by atoms with Crippen molar-refractivity contribution in [2.45, 2.75) is 202 Å². The van der Waals surface area contributed by atoms with Gasteiger partial charge in [-0.2, -0.15) is 0 Å². The Morgan fingerprint density at radius 1 is 0.596 bits per heavy atom. The van der Waals surface area contributed by atoms with Crippen molar-refractivity contribution in [3.05, 3.63) is 28.3 Å². The molecule has 0 amide bonds. The Kier molecular flexibility index (Phi) is 22.1. The Morgan fingerprint density at radius 2 is 0.957 bits per heavy atom. The van der Waals surface area contributed by atoms with Crippen LogP contribution in [0, 0.1) is 19.3 Å². The number of benzene rings is 1. The lowest BCUT2D eigenvalue weighted by Gasteiger charge is -2.31. The monoisotopic (exact) mass is 659 g/mol. The quantitative estimate of drug-likeness (QED) is 0.0578. The molecular weight excluding hydrogens is 584 g/mol. The highest BCUT2D eigenvalue weighted by molar-refractivity contribution is 6.00. The van der Waals surface area contributed by atoms with Crippen LogP contribution in [-0.2, 0) is 30.9 Å². The highest BCUT2D eigenvalue weighted by atomic mass is 16.6. The van der Waals surface area contributed by atoms with E-state index in [1.807, 2.05) is 26.8 Å². The van der Waals surface area contributed by atoms with Crippen molar-refractivity contribution in [2.75, 3.05) is 13.2 Å². The predicted octanol–water partition coefficient (Wildman–Crippen LogP) is 12.2. The molecule has 0 saturated carbocycles. The molecule has 0 bridgehead atoms. The maximum Gasteiger partial charge on any atom is 0.323 e. The van der Waals surface area contributed by atoms with Crippen LogP contribution in [0.2, 0.25) is 0 Å². The number of rotatable bonds is 27. The van der Waals surface area contributed by atoms with Crippen molar-refractivity contribution in [1.82, 2.24) is 0 Å². The molecule has 0 heterocycles. The summed E-state index contributed by atoms with van der Waals surface area (Å²) in [5, 5.41) is 11.0. The Balaban J connectivity index is 2.88. The summed E-state index contributed by atoms with van der Waals surface area (Å²) in [6.45, 7) is 17.1. The average Bonchev–Trinajstić information content (AvgIpc) is 3.04. The molecule has 0 atom stereocenters. The normalized spacial score (nSPS) is 12.0. The van der Waals surface area contributed by atoms with Gasteiger partial charge in [0.1, 0.15) is 5.75 Å². The van der Waals surface area contributed by atoms with Crippen LogP contribution < -0.4 is 0 Å². The second-order valence-electron chi connectivity index (χ2n) is 15.2. The molecule has 0 aromatic heterocycles. The van der Waals surface area contributed by atoms with Gasteiger partial charge in [-0.3, -0.25) is 9.59 Å². The van der Waals surface area contributed by atoms with Gasteiger partial charge in [0.25, 0.3) is 0 Å². The lowest BCUT2D eigenvalue weighted by Crippen LogP contribution is -2.44. The molecule has 272 valence electrons. The summed E-state index contributed by atoms with van der Waals surface area (Å²) in [4.78, 5) is 27.8. The fourth-order valence-corrected chi connectivity index (χ4v) is 6.48. The van der Waals surface area contributed by atoms with Gasteiger partial charge in [0.2, 0.25) is 0 Å². The Morgan fingerprint density at radius 3 is 1.30 bits per heavy atom. The van der Waals surface area contributed by atoms with E-state index in [0.29, 0.717) is 19.6 Å². The summed E-state index contributed by atoms with van der Waals surface area (Å²) in [5.41, 5.74) is 1.68. The number of carbonyl (C=O) groups is 2. The van der Waals surface area contributed by atoms with Crippen molar-refractivity contribution >= 4 is 11.9 Å². The molecule has 0 fully saturated rings. The third kappa shape index (κ3) is 15.8. The topological polar surface area (TPSA) is 72.8 Å². The lowest BCUT2D eigenvalue weighted by atomic mass is 9.75. The zero-order valence-corrected chi connectivity index (χ0v) is 32.1. The first-order valence-corrected chi connectivity index (χ1v) is 19.6. The van der Waals surface area contributed by atoms with Crippen molar-refractivity contribution in [1.29, 1.82) is 0 Å². The third-order valence-electron chi connectivity index (χ3n) is 10.1. The largest absolute Gasteiger partial charge is 0.507 e. The van der Waals surface area contributed by atoms with E-state index in [-0.39, 0.29) is 17.6 Å². The minimum Gasteiger partial charge on any atom is -0.507 e. The first-order valence-electron chi connectivity index (χ1n) is 19.6.